The lowest BCUT2D eigenvalue weighted by Crippen LogP contribution is -2.07. The predicted molar refractivity (Wildman–Crippen MR) is 64.6 cm³/mol. The summed E-state index contributed by atoms with van der Waals surface area (Å²) < 4.78 is 12.4. The van der Waals surface area contributed by atoms with Crippen LogP contribution in [0.1, 0.15) is 25.8 Å². The summed E-state index contributed by atoms with van der Waals surface area (Å²) in [6, 6.07) is 0. The number of hydrogen-bond donors (Lipinski definition) is 1. The average molecular weight is 251 g/mol. The minimum atomic E-state index is -0.182. The molecule has 1 atom stereocenters. The summed E-state index contributed by atoms with van der Waals surface area (Å²) in [5.74, 6) is 0.924. The van der Waals surface area contributed by atoms with E-state index in [9.17, 15) is 0 Å². The van der Waals surface area contributed by atoms with Gasteiger partial charge in [0.25, 0.3) is 5.89 Å². The van der Waals surface area contributed by atoms with Crippen molar-refractivity contribution in [2.45, 2.75) is 26.5 Å². The summed E-state index contributed by atoms with van der Waals surface area (Å²) in [5, 5.41) is 3.88. The molecule has 18 heavy (non-hydrogen) atoms. The number of imidazole rings is 1. The van der Waals surface area contributed by atoms with Gasteiger partial charge in [0.05, 0.1) is 6.33 Å². The van der Waals surface area contributed by atoms with E-state index in [-0.39, 0.29) is 6.10 Å². The van der Waals surface area contributed by atoms with Crippen LogP contribution in [0.2, 0.25) is 0 Å². The van der Waals surface area contributed by atoms with Gasteiger partial charge in [-0.3, -0.25) is 0 Å². The summed E-state index contributed by atoms with van der Waals surface area (Å²) >= 11 is 0. The number of ether oxygens (including phenoxy) is 1. The summed E-state index contributed by atoms with van der Waals surface area (Å²) in [6.45, 7) is 5.68. The highest BCUT2D eigenvalue weighted by Gasteiger charge is 2.16. The van der Waals surface area contributed by atoms with Gasteiger partial charge in [-0.1, -0.05) is 5.16 Å². The topological polar surface area (TPSA) is 92.0 Å². The predicted octanol–water partition coefficient (Wildman–Crippen LogP) is 0.989. The minimum absolute atomic E-state index is 0.182. The maximum atomic E-state index is 5.47. The van der Waals surface area contributed by atoms with Gasteiger partial charge in [0.15, 0.2) is 0 Å². The molecule has 0 radical (unpaired) electrons. The fourth-order valence-electron chi connectivity index (χ4n) is 1.57. The Kier molecular flexibility index (Phi) is 4.06. The second-order valence-electron chi connectivity index (χ2n) is 3.84. The first-order valence-corrected chi connectivity index (χ1v) is 5.92. The lowest BCUT2D eigenvalue weighted by Gasteiger charge is -2.04. The van der Waals surface area contributed by atoms with E-state index in [0.29, 0.717) is 37.1 Å². The Hall–Kier alpha value is -1.73. The molecule has 0 saturated heterocycles. The third-order valence-electron chi connectivity index (χ3n) is 2.46. The molecule has 0 aliphatic carbocycles. The monoisotopic (exact) mass is 251 g/mol. The molecular weight excluding hydrogens is 234 g/mol. The van der Waals surface area contributed by atoms with Crippen LogP contribution in [0.25, 0.3) is 11.6 Å². The summed E-state index contributed by atoms with van der Waals surface area (Å²) in [4.78, 5) is 8.46. The largest absolute Gasteiger partial charge is 0.371 e. The maximum Gasteiger partial charge on any atom is 0.278 e. The van der Waals surface area contributed by atoms with Gasteiger partial charge in [-0.15, -0.1) is 0 Å². The molecule has 0 aliphatic heterocycles. The summed E-state index contributed by atoms with van der Waals surface area (Å²) in [5.41, 5.74) is 6.11. The molecule has 2 heterocycles. The lowest BCUT2D eigenvalue weighted by molar-refractivity contribution is 0.0683. The molecule has 2 aromatic heterocycles. The molecular formula is C11H17N5O2. The van der Waals surface area contributed by atoms with Crippen molar-refractivity contribution in [3.63, 3.8) is 0 Å². The Morgan fingerprint density at radius 2 is 2.39 bits per heavy atom. The van der Waals surface area contributed by atoms with Gasteiger partial charge in [-0.2, -0.15) is 4.98 Å². The van der Waals surface area contributed by atoms with Crippen molar-refractivity contribution in [2.24, 2.45) is 5.73 Å². The van der Waals surface area contributed by atoms with Crippen molar-refractivity contribution in [2.75, 3.05) is 13.2 Å². The quantitative estimate of drug-likeness (QED) is 0.823. The molecule has 0 fully saturated rings. The summed E-state index contributed by atoms with van der Waals surface area (Å²) in [6.07, 6.45) is 3.34. The van der Waals surface area contributed by atoms with Gasteiger partial charge in [-0.25, -0.2) is 4.98 Å². The normalized spacial score (nSPS) is 12.8. The average Bonchev–Trinajstić information content (AvgIpc) is 2.97. The van der Waals surface area contributed by atoms with Crippen molar-refractivity contribution in [1.29, 1.82) is 0 Å². The van der Waals surface area contributed by atoms with Crippen LogP contribution in [0.5, 0.6) is 0 Å². The molecule has 98 valence electrons. The first-order valence-electron chi connectivity index (χ1n) is 5.92. The van der Waals surface area contributed by atoms with Crippen LogP contribution >= 0.6 is 0 Å². The zero-order valence-electron chi connectivity index (χ0n) is 10.5. The highest BCUT2D eigenvalue weighted by molar-refractivity contribution is 5.44. The first-order chi connectivity index (χ1) is 8.74. The third-order valence-corrected chi connectivity index (χ3v) is 2.46. The van der Waals surface area contributed by atoms with Crippen molar-refractivity contribution in [3.05, 3.63) is 18.3 Å². The molecule has 0 aliphatic rings. The van der Waals surface area contributed by atoms with Gasteiger partial charge >= 0.3 is 0 Å². The molecule has 0 aromatic carbocycles. The van der Waals surface area contributed by atoms with Crippen molar-refractivity contribution < 1.29 is 9.26 Å². The molecule has 0 saturated carbocycles. The highest BCUT2D eigenvalue weighted by Crippen LogP contribution is 2.19. The molecule has 7 heteroatoms. The van der Waals surface area contributed by atoms with Crippen LogP contribution in [0, 0.1) is 0 Å². The highest BCUT2D eigenvalue weighted by atomic mass is 16.5. The van der Waals surface area contributed by atoms with E-state index in [1.54, 1.807) is 6.33 Å². The third kappa shape index (κ3) is 2.74. The Morgan fingerprint density at radius 3 is 3.11 bits per heavy atom. The van der Waals surface area contributed by atoms with E-state index in [1.165, 1.54) is 0 Å². The van der Waals surface area contributed by atoms with Crippen molar-refractivity contribution in [3.8, 4) is 11.6 Å². The Labute approximate surface area is 105 Å². The molecule has 0 amide bonds. The van der Waals surface area contributed by atoms with Gasteiger partial charge in [0.2, 0.25) is 5.82 Å². The zero-order valence-corrected chi connectivity index (χ0v) is 10.5. The first kappa shape index (κ1) is 12.7. The van der Waals surface area contributed by atoms with E-state index in [4.69, 9.17) is 15.0 Å². The van der Waals surface area contributed by atoms with Crippen molar-refractivity contribution >= 4 is 0 Å². The molecule has 1 unspecified atom stereocenters. The number of rotatable bonds is 6. The van der Waals surface area contributed by atoms with Crippen molar-refractivity contribution in [1.82, 2.24) is 19.7 Å². The fourth-order valence-corrected chi connectivity index (χ4v) is 1.57. The van der Waals surface area contributed by atoms with Crippen LogP contribution < -0.4 is 5.73 Å². The SMILES string of the molecule is CCOC(C)c1noc(-c2cn(CCN)cn2)n1. The lowest BCUT2D eigenvalue weighted by atomic mass is 10.4. The smallest absolute Gasteiger partial charge is 0.278 e. The molecule has 2 aromatic rings. The Morgan fingerprint density at radius 1 is 1.56 bits per heavy atom. The van der Waals surface area contributed by atoms with Gasteiger partial charge in [-0.05, 0) is 13.8 Å². The van der Waals surface area contributed by atoms with E-state index < -0.39 is 0 Å². The van der Waals surface area contributed by atoms with E-state index in [2.05, 4.69) is 15.1 Å². The van der Waals surface area contributed by atoms with E-state index >= 15 is 0 Å². The van der Waals surface area contributed by atoms with Crippen LogP contribution in [-0.2, 0) is 11.3 Å². The molecule has 2 N–H and O–H groups in total. The second-order valence-corrected chi connectivity index (χ2v) is 3.84. The van der Waals surface area contributed by atoms with Crippen LogP contribution in [-0.4, -0.2) is 32.8 Å². The molecule has 7 nitrogen and oxygen atoms in total. The van der Waals surface area contributed by atoms with E-state index in [1.807, 2.05) is 24.6 Å². The molecule has 0 bridgehead atoms. The maximum absolute atomic E-state index is 5.47. The van der Waals surface area contributed by atoms with Gasteiger partial charge in [0.1, 0.15) is 11.8 Å². The summed E-state index contributed by atoms with van der Waals surface area (Å²) in [7, 11) is 0. The number of nitrogens with two attached hydrogens (primary N) is 1. The van der Waals surface area contributed by atoms with Gasteiger partial charge in [0, 0.05) is 25.9 Å². The second kappa shape index (κ2) is 5.74. The zero-order chi connectivity index (χ0) is 13.0. The van der Waals surface area contributed by atoms with Crippen LogP contribution in [0.3, 0.4) is 0 Å². The van der Waals surface area contributed by atoms with Crippen LogP contribution in [0.15, 0.2) is 17.0 Å². The fraction of sp³-hybridized carbons (Fsp3) is 0.545. The molecule has 0 spiro atoms. The van der Waals surface area contributed by atoms with Crippen LogP contribution in [0.4, 0.5) is 0 Å². The number of hydrogen-bond acceptors (Lipinski definition) is 6. The Bertz CT molecular complexity index is 493. The minimum Gasteiger partial charge on any atom is -0.371 e. The standard InChI is InChI=1S/C11H17N5O2/c1-3-17-8(2)10-14-11(18-15-10)9-6-16(5-4-12)7-13-9/h6-8H,3-5,12H2,1-2H3. The van der Waals surface area contributed by atoms with Gasteiger partial charge < -0.3 is 19.6 Å². The number of aromatic nitrogens is 4. The number of nitrogens with zero attached hydrogens (tertiary/aromatic N) is 4. The van der Waals surface area contributed by atoms with E-state index in [0.717, 1.165) is 0 Å². The molecule has 2 rings (SSSR count). The Balaban J connectivity index is 2.13.